The van der Waals surface area contributed by atoms with Crippen LogP contribution >= 0.6 is 11.8 Å². The summed E-state index contributed by atoms with van der Waals surface area (Å²) in [6.07, 6.45) is 4.95. The minimum Gasteiger partial charge on any atom is -0.351 e. The number of rotatable bonds is 7. The molecule has 2 atom stereocenters. The number of hydrogen-bond acceptors (Lipinski definition) is 4. The summed E-state index contributed by atoms with van der Waals surface area (Å²) in [5, 5.41) is 3.13. The van der Waals surface area contributed by atoms with Crippen molar-refractivity contribution in [2.24, 2.45) is 5.73 Å². The molecule has 1 aliphatic heterocycles. The van der Waals surface area contributed by atoms with Crippen molar-refractivity contribution in [2.45, 2.75) is 37.9 Å². The number of hydrogen-bond donors (Lipinski definition) is 2. The summed E-state index contributed by atoms with van der Waals surface area (Å²) in [4.78, 5) is 14.5. The number of nitrogens with one attached hydrogen (secondary N) is 1. The Bertz CT molecular complexity index is 454. The molecule has 1 aromatic rings. The van der Waals surface area contributed by atoms with Crippen LogP contribution in [0.15, 0.2) is 30.3 Å². The first kappa shape index (κ1) is 17.3. The molecule has 1 heterocycles. The van der Waals surface area contributed by atoms with Crippen LogP contribution in [0.3, 0.4) is 0 Å². The third kappa shape index (κ3) is 5.63. The highest BCUT2D eigenvalue weighted by atomic mass is 32.2. The fourth-order valence-corrected chi connectivity index (χ4v) is 3.33. The Labute approximate surface area is 137 Å². The average Bonchev–Trinajstić information content (AvgIpc) is 2.54. The van der Waals surface area contributed by atoms with E-state index in [2.05, 4.69) is 34.5 Å². The van der Waals surface area contributed by atoms with Gasteiger partial charge in [0.1, 0.15) is 0 Å². The fraction of sp³-hybridized carbons (Fsp3) is 0.588. The molecule has 1 fully saturated rings. The van der Waals surface area contributed by atoms with Crippen molar-refractivity contribution in [3.8, 4) is 0 Å². The van der Waals surface area contributed by atoms with Crippen LogP contribution in [0.25, 0.3) is 0 Å². The van der Waals surface area contributed by atoms with Gasteiger partial charge in [0.15, 0.2) is 0 Å². The van der Waals surface area contributed by atoms with E-state index >= 15 is 0 Å². The Morgan fingerprint density at radius 3 is 2.95 bits per heavy atom. The van der Waals surface area contributed by atoms with Crippen molar-refractivity contribution < 1.29 is 4.79 Å². The van der Waals surface area contributed by atoms with Gasteiger partial charge in [-0.3, -0.25) is 9.69 Å². The standard InChI is InChI=1S/C17H27N3OS/c1-22-11-9-16(18)17(21)19-15-8-5-10-20(13-15)12-14-6-3-2-4-7-14/h2-4,6-7,15-16H,5,8-13,18H2,1H3,(H,19,21)/t15?,16-/m0/s1. The molecule has 0 aliphatic carbocycles. The van der Waals surface area contributed by atoms with Gasteiger partial charge in [-0.1, -0.05) is 30.3 Å². The molecule has 22 heavy (non-hydrogen) atoms. The van der Waals surface area contributed by atoms with Crippen molar-refractivity contribution in [3.05, 3.63) is 35.9 Å². The second kappa shape index (κ2) is 9.18. The second-order valence-corrected chi connectivity index (χ2v) is 6.94. The predicted octanol–water partition coefficient (Wildman–Crippen LogP) is 1.85. The maximum atomic E-state index is 12.1. The minimum atomic E-state index is -0.378. The normalized spacial score (nSPS) is 20.5. The Kier molecular flexibility index (Phi) is 7.22. The van der Waals surface area contributed by atoms with Crippen molar-refractivity contribution in [3.63, 3.8) is 0 Å². The Morgan fingerprint density at radius 2 is 2.23 bits per heavy atom. The molecule has 1 saturated heterocycles. The molecule has 1 aliphatic rings. The van der Waals surface area contributed by atoms with Crippen LogP contribution in [0.1, 0.15) is 24.8 Å². The molecule has 2 rings (SSSR count). The highest BCUT2D eigenvalue weighted by molar-refractivity contribution is 7.98. The predicted molar refractivity (Wildman–Crippen MR) is 93.9 cm³/mol. The van der Waals surface area contributed by atoms with E-state index in [-0.39, 0.29) is 18.0 Å². The van der Waals surface area contributed by atoms with Gasteiger partial charge in [0, 0.05) is 19.1 Å². The molecule has 122 valence electrons. The molecule has 4 nitrogen and oxygen atoms in total. The molecule has 0 spiro atoms. The summed E-state index contributed by atoms with van der Waals surface area (Å²) in [6, 6.07) is 10.3. The number of benzene rings is 1. The Hall–Kier alpha value is -1.04. The molecular weight excluding hydrogens is 294 g/mol. The lowest BCUT2D eigenvalue weighted by Gasteiger charge is -2.33. The Balaban J connectivity index is 1.79. The molecule has 1 unspecified atom stereocenters. The van der Waals surface area contributed by atoms with Crippen LogP contribution in [0.5, 0.6) is 0 Å². The molecule has 5 heteroatoms. The van der Waals surface area contributed by atoms with E-state index in [1.165, 1.54) is 5.56 Å². The zero-order valence-corrected chi connectivity index (χ0v) is 14.1. The lowest BCUT2D eigenvalue weighted by atomic mass is 10.0. The summed E-state index contributed by atoms with van der Waals surface area (Å²) >= 11 is 1.73. The number of likely N-dealkylation sites (tertiary alicyclic amines) is 1. The second-order valence-electron chi connectivity index (χ2n) is 5.96. The van der Waals surface area contributed by atoms with Gasteiger partial charge < -0.3 is 11.1 Å². The maximum Gasteiger partial charge on any atom is 0.237 e. The number of nitrogens with zero attached hydrogens (tertiary/aromatic N) is 1. The van der Waals surface area contributed by atoms with Gasteiger partial charge in [0.05, 0.1) is 6.04 Å². The zero-order valence-electron chi connectivity index (χ0n) is 13.3. The summed E-state index contributed by atoms with van der Waals surface area (Å²) < 4.78 is 0. The van der Waals surface area contributed by atoms with Crippen LogP contribution < -0.4 is 11.1 Å². The van der Waals surface area contributed by atoms with Gasteiger partial charge >= 0.3 is 0 Å². The number of nitrogens with two attached hydrogens (primary N) is 1. The number of amides is 1. The summed E-state index contributed by atoms with van der Waals surface area (Å²) in [5.74, 6) is 0.931. The third-order valence-electron chi connectivity index (χ3n) is 4.07. The quantitative estimate of drug-likeness (QED) is 0.805. The monoisotopic (exact) mass is 321 g/mol. The fourth-order valence-electron chi connectivity index (χ4n) is 2.84. The first-order chi connectivity index (χ1) is 10.7. The largest absolute Gasteiger partial charge is 0.351 e. The number of piperidine rings is 1. The molecule has 1 aromatic carbocycles. The van der Waals surface area contributed by atoms with Gasteiger partial charge in [-0.25, -0.2) is 0 Å². The van der Waals surface area contributed by atoms with Gasteiger partial charge in [-0.2, -0.15) is 11.8 Å². The van der Waals surface area contributed by atoms with Gasteiger partial charge in [0.2, 0.25) is 5.91 Å². The number of carbonyl (C=O) groups is 1. The SMILES string of the molecule is CSCC[C@H](N)C(=O)NC1CCCN(Cc2ccccc2)C1. The Morgan fingerprint density at radius 1 is 1.45 bits per heavy atom. The first-order valence-corrected chi connectivity index (χ1v) is 9.39. The van der Waals surface area contributed by atoms with E-state index in [4.69, 9.17) is 5.73 Å². The number of carbonyl (C=O) groups excluding carboxylic acids is 1. The summed E-state index contributed by atoms with van der Waals surface area (Å²) in [7, 11) is 0. The van der Waals surface area contributed by atoms with Crippen LogP contribution in [-0.2, 0) is 11.3 Å². The third-order valence-corrected chi connectivity index (χ3v) is 4.71. The van der Waals surface area contributed by atoms with Crippen LogP contribution in [0.2, 0.25) is 0 Å². The lowest BCUT2D eigenvalue weighted by molar-refractivity contribution is -0.123. The van der Waals surface area contributed by atoms with Gasteiger partial charge in [0.25, 0.3) is 0 Å². The lowest BCUT2D eigenvalue weighted by Crippen LogP contribution is -2.51. The van der Waals surface area contributed by atoms with E-state index in [9.17, 15) is 4.79 Å². The van der Waals surface area contributed by atoms with E-state index in [0.29, 0.717) is 0 Å². The van der Waals surface area contributed by atoms with Gasteiger partial charge in [-0.05, 0) is 43.4 Å². The molecule has 3 N–H and O–H groups in total. The molecule has 0 bridgehead atoms. The maximum absolute atomic E-state index is 12.1. The average molecular weight is 321 g/mol. The number of thioether (sulfide) groups is 1. The van der Waals surface area contributed by atoms with Crippen LogP contribution in [0.4, 0.5) is 0 Å². The van der Waals surface area contributed by atoms with Crippen LogP contribution in [0, 0.1) is 0 Å². The van der Waals surface area contributed by atoms with Crippen molar-refractivity contribution in [1.82, 2.24) is 10.2 Å². The molecule has 0 aromatic heterocycles. The molecule has 0 radical (unpaired) electrons. The van der Waals surface area contributed by atoms with E-state index < -0.39 is 0 Å². The van der Waals surface area contributed by atoms with Crippen molar-refractivity contribution in [2.75, 3.05) is 25.1 Å². The smallest absolute Gasteiger partial charge is 0.237 e. The molecular formula is C17H27N3OS. The van der Waals surface area contributed by atoms with Crippen molar-refractivity contribution in [1.29, 1.82) is 0 Å². The van der Waals surface area contributed by atoms with Crippen molar-refractivity contribution >= 4 is 17.7 Å². The zero-order chi connectivity index (χ0) is 15.8. The first-order valence-electron chi connectivity index (χ1n) is 8.00. The highest BCUT2D eigenvalue weighted by Gasteiger charge is 2.23. The molecule has 0 saturated carbocycles. The van der Waals surface area contributed by atoms with Gasteiger partial charge in [-0.15, -0.1) is 0 Å². The topological polar surface area (TPSA) is 58.4 Å². The van der Waals surface area contributed by atoms with E-state index in [0.717, 1.165) is 44.6 Å². The highest BCUT2D eigenvalue weighted by Crippen LogP contribution is 2.14. The van der Waals surface area contributed by atoms with E-state index in [1.54, 1.807) is 11.8 Å². The van der Waals surface area contributed by atoms with Crippen LogP contribution in [-0.4, -0.2) is 48.0 Å². The summed E-state index contributed by atoms with van der Waals surface area (Å²) in [6.45, 7) is 2.96. The summed E-state index contributed by atoms with van der Waals surface area (Å²) in [5.41, 5.74) is 7.26. The minimum absolute atomic E-state index is 0.000566. The van der Waals surface area contributed by atoms with E-state index in [1.807, 2.05) is 12.3 Å². The molecule has 1 amide bonds.